The van der Waals surface area contributed by atoms with E-state index in [4.69, 9.17) is 5.73 Å². The van der Waals surface area contributed by atoms with Crippen LogP contribution in [0.3, 0.4) is 0 Å². The molecule has 10 heteroatoms. The summed E-state index contributed by atoms with van der Waals surface area (Å²) in [6.07, 6.45) is 3.67. The molecule has 0 aliphatic carbocycles. The Balaban J connectivity index is 1.42. The zero-order valence-corrected chi connectivity index (χ0v) is 23.6. The fourth-order valence-electron chi connectivity index (χ4n) is 5.40. The molecule has 4 heterocycles. The number of aromatic nitrogens is 1. The maximum atomic E-state index is 13.4. The first-order chi connectivity index (χ1) is 18.5. The monoisotopic (exact) mass is 627 g/mol. The molecule has 0 saturated carbocycles. The van der Waals surface area contributed by atoms with Gasteiger partial charge in [-0.2, -0.15) is 0 Å². The average molecular weight is 628 g/mol. The Labute approximate surface area is 236 Å². The predicted molar refractivity (Wildman–Crippen MR) is 159 cm³/mol. The lowest BCUT2D eigenvalue weighted by Crippen LogP contribution is -2.50. The molecule has 2 amide bonds. The van der Waals surface area contributed by atoms with Gasteiger partial charge in [-0.3, -0.25) is 9.59 Å². The maximum Gasteiger partial charge on any atom is 0.256 e. The number of allylic oxidation sites excluding steroid dienone is 1. The van der Waals surface area contributed by atoms with Crippen LogP contribution >= 0.6 is 22.6 Å². The zero-order valence-electron chi connectivity index (χ0n) is 21.5. The lowest BCUT2D eigenvalue weighted by molar-refractivity contribution is -0.135. The van der Waals surface area contributed by atoms with Crippen LogP contribution in [0.1, 0.15) is 24.0 Å². The lowest BCUT2D eigenvalue weighted by atomic mass is 9.93. The van der Waals surface area contributed by atoms with E-state index in [1.54, 1.807) is 6.20 Å². The van der Waals surface area contributed by atoms with E-state index in [-0.39, 0.29) is 29.7 Å². The fourth-order valence-corrected chi connectivity index (χ4v) is 6.29. The van der Waals surface area contributed by atoms with Gasteiger partial charge in [-0.1, -0.05) is 34.7 Å². The number of carbonyl (C=O) groups is 2. The number of nitrogens with two attached hydrogens (primary N) is 1. The van der Waals surface area contributed by atoms with Crippen molar-refractivity contribution in [3.05, 3.63) is 71.1 Å². The third-order valence-electron chi connectivity index (χ3n) is 7.51. The summed E-state index contributed by atoms with van der Waals surface area (Å²) in [5.41, 5.74) is 11.4. The lowest BCUT2D eigenvalue weighted by Gasteiger charge is -2.31. The molecule has 38 heavy (non-hydrogen) atoms. The van der Waals surface area contributed by atoms with Gasteiger partial charge in [-0.15, -0.1) is 0 Å². The maximum absolute atomic E-state index is 13.4. The SMILES string of the molecule is CC1NC(/C=C2\C(=O)Nc3ccc(C(CN)CNc4ccccn4)cc32)=C(CI)C1C(=O)N1CCNCC1. The topological polar surface area (TPSA) is 124 Å². The number of rotatable bonds is 8. The highest BCUT2D eigenvalue weighted by molar-refractivity contribution is 14.1. The average Bonchev–Trinajstić information content (AvgIpc) is 3.44. The Kier molecular flexibility index (Phi) is 8.29. The third kappa shape index (κ3) is 5.43. The zero-order chi connectivity index (χ0) is 26.6. The van der Waals surface area contributed by atoms with E-state index in [2.05, 4.69) is 54.9 Å². The summed E-state index contributed by atoms with van der Waals surface area (Å²) >= 11 is 2.32. The first-order valence-electron chi connectivity index (χ1n) is 13.1. The van der Waals surface area contributed by atoms with E-state index in [9.17, 15) is 9.59 Å². The summed E-state index contributed by atoms with van der Waals surface area (Å²) in [6.45, 7) is 6.22. The van der Waals surface area contributed by atoms with Crippen LogP contribution in [0.2, 0.25) is 0 Å². The van der Waals surface area contributed by atoms with Crippen molar-refractivity contribution in [3.63, 3.8) is 0 Å². The highest BCUT2D eigenvalue weighted by Crippen LogP contribution is 2.37. The highest BCUT2D eigenvalue weighted by atomic mass is 127. The molecule has 1 saturated heterocycles. The van der Waals surface area contributed by atoms with Crippen molar-refractivity contribution in [1.82, 2.24) is 20.5 Å². The Morgan fingerprint density at radius 2 is 2.11 bits per heavy atom. The number of carbonyl (C=O) groups excluding carboxylic acids is 2. The molecule has 1 fully saturated rings. The molecular formula is C28H34IN7O2. The van der Waals surface area contributed by atoms with Crippen LogP contribution in [0.25, 0.3) is 5.57 Å². The number of piperazine rings is 1. The van der Waals surface area contributed by atoms with Gasteiger partial charge in [0.2, 0.25) is 5.91 Å². The van der Waals surface area contributed by atoms with Crippen molar-refractivity contribution in [2.75, 3.05) is 54.3 Å². The first kappa shape index (κ1) is 26.6. The molecule has 3 unspecified atom stereocenters. The summed E-state index contributed by atoms with van der Waals surface area (Å²) in [7, 11) is 0. The minimum Gasteiger partial charge on any atom is -0.381 e. The van der Waals surface area contributed by atoms with E-state index in [0.29, 0.717) is 23.1 Å². The van der Waals surface area contributed by atoms with E-state index in [1.165, 1.54) is 0 Å². The van der Waals surface area contributed by atoms with Crippen LogP contribution in [0.15, 0.2) is 59.9 Å². The summed E-state index contributed by atoms with van der Waals surface area (Å²) in [4.78, 5) is 32.8. The molecule has 200 valence electrons. The Morgan fingerprint density at radius 3 is 2.82 bits per heavy atom. The Bertz CT molecular complexity index is 1260. The van der Waals surface area contributed by atoms with Gasteiger partial charge in [0.1, 0.15) is 5.82 Å². The number of nitrogens with zero attached hydrogens (tertiary/aromatic N) is 2. The van der Waals surface area contributed by atoms with Gasteiger partial charge in [0, 0.05) is 78.8 Å². The minimum atomic E-state index is -0.230. The quantitative estimate of drug-likeness (QED) is 0.173. The van der Waals surface area contributed by atoms with Gasteiger partial charge >= 0.3 is 0 Å². The number of hydrogen-bond donors (Lipinski definition) is 5. The number of amides is 2. The number of anilines is 2. The summed E-state index contributed by atoms with van der Waals surface area (Å²) in [5, 5.41) is 13.2. The van der Waals surface area contributed by atoms with Gasteiger partial charge in [-0.05, 0) is 48.4 Å². The van der Waals surface area contributed by atoms with Gasteiger partial charge in [0.25, 0.3) is 5.91 Å². The molecule has 3 atom stereocenters. The molecule has 0 bridgehead atoms. The van der Waals surface area contributed by atoms with Gasteiger partial charge in [-0.25, -0.2) is 4.98 Å². The van der Waals surface area contributed by atoms with Crippen LogP contribution in [0, 0.1) is 5.92 Å². The van der Waals surface area contributed by atoms with E-state index in [0.717, 1.165) is 60.1 Å². The molecular weight excluding hydrogens is 593 g/mol. The van der Waals surface area contributed by atoms with Crippen molar-refractivity contribution in [3.8, 4) is 0 Å². The van der Waals surface area contributed by atoms with Crippen molar-refractivity contribution in [2.45, 2.75) is 18.9 Å². The summed E-state index contributed by atoms with van der Waals surface area (Å²) in [6, 6.07) is 11.7. The Hall–Kier alpha value is -2.96. The van der Waals surface area contributed by atoms with Gasteiger partial charge in [0.15, 0.2) is 0 Å². The van der Waals surface area contributed by atoms with E-state index in [1.807, 2.05) is 48.2 Å². The number of nitrogens with one attached hydrogen (secondary N) is 4. The van der Waals surface area contributed by atoms with Crippen LogP contribution in [0.5, 0.6) is 0 Å². The minimum absolute atomic E-state index is 0.0384. The van der Waals surface area contributed by atoms with Gasteiger partial charge in [0.05, 0.1) is 11.5 Å². The molecule has 5 rings (SSSR count). The predicted octanol–water partition coefficient (Wildman–Crippen LogP) is 2.30. The third-order valence-corrected chi connectivity index (χ3v) is 8.33. The molecule has 0 radical (unpaired) electrons. The molecule has 3 aliphatic rings. The summed E-state index contributed by atoms with van der Waals surface area (Å²) < 4.78 is 0.708. The smallest absolute Gasteiger partial charge is 0.256 e. The second-order valence-electron chi connectivity index (χ2n) is 9.90. The first-order valence-corrected chi connectivity index (χ1v) is 14.6. The molecule has 1 aromatic heterocycles. The van der Waals surface area contributed by atoms with E-state index >= 15 is 0 Å². The molecule has 6 N–H and O–H groups in total. The van der Waals surface area contributed by atoms with Crippen LogP contribution in [-0.4, -0.2) is 71.4 Å². The number of benzene rings is 1. The van der Waals surface area contributed by atoms with E-state index < -0.39 is 0 Å². The van der Waals surface area contributed by atoms with Crippen molar-refractivity contribution in [2.24, 2.45) is 11.7 Å². The second-order valence-corrected chi connectivity index (χ2v) is 10.7. The molecule has 2 aromatic rings. The second kappa shape index (κ2) is 11.8. The Morgan fingerprint density at radius 1 is 1.29 bits per heavy atom. The van der Waals surface area contributed by atoms with Crippen molar-refractivity contribution in [1.29, 1.82) is 0 Å². The largest absolute Gasteiger partial charge is 0.381 e. The van der Waals surface area contributed by atoms with Crippen molar-refractivity contribution >= 4 is 51.5 Å². The van der Waals surface area contributed by atoms with Gasteiger partial charge < -0.3 is 31.9 Å². The number of pyridine rings is 1. The number of halogens is 1. The molecule has 1 aromatic carbocycles. The summed E-state index contributed by atoms with van der Waals surface area (Å²) in [5.74, 6) is 0.644. The van der Waals surface area contributed by atoms with Crippen molar-refractivity contribution < 1.29 is 9.59 Å². The van der Waals surface area contributed by atoms with Crippen LogP contribution < -0.4 is 27.0 Å². The number of hydrogen-bond acceptors (Lipinski definition) is 7. The highest BCUT2D eigenvalue weighted by Gasteiger charge is 2.39. The van der Waals surface area contributed by atoms with Crippen LogP contribution in [0.4, 0.5) is 11.5 Å². The standard InChI is InChI=1S/C28H34IN7O2/c1-17-26(28(38)36-10-8-31-9-11-36)22(14-29)24(34-17)13-21-20-12-18(5-6-23(20)35-27(21)37)19(15-30)16-33-25-4-2-3-7-32-25/h2-7,12-13,17,19,26,31,34H,8-11,14-16,30H2,1H3,(H,32,33)(H,35,37)/b21-13-. The number of fused-ring (bicyclic) bond motifs is 1. The molecule has 0 spiro atoms. The number of alkyl halides is 1. The molecule has 9 nitrogen and oxygen atoms in total. The normalized spacial score (nSPS) is 22.8. The molecule has 3 aliphatic heterocycles. The fraction of sp³-hybridized carbons (Fsp3) is 0.393. The van der Waals surface area contributed by atoms with Crippen LogP contribution in [-0.2, 0) is 9.59 Å².